The van der Waals surface area contributed by atoms with E-state index < -0.39 is 0 Å². The van der Waals surface area contributed by atoms with E-state index in [1.807, 2.05) is 30.6 Å². The van der Waals surface area contributed by atoms with Gasteiger partial charge in [0.25, 0.3) is 0 Å². The van der Waals surface area contributed by atoms with Gasteiger partial charge in [-0.2, -0.15) is 0 Å². The molecule has 0 fully saturated rings. The lowest BCUT2D eigenvalue weighted by Crippen LogP contribution is -2.36. The Morgan fingerprint density at radius 2 is 1.88 bits per heavy atom. The van der Waals surface area contributed by atoms with Crippen molar-refractivity contribution >= 4 is 5.57 Å². The normalized spacial score (nSPS) is 17.7. The van der Waals surface area contributed by atoms with Gasteiger partial charge in [0.2, 0.25) is 0 Å². The van der Waals surface area contributed by atoms with Gasteiger partial charge in [-0.15, -0.1) is 0 Å². The Balaban J connectivity index is 1.45. The van der Waals surface area contributed by atoms with Crippen molar-refractivity contribution in [2.45, 2.75) is 19.3 Å². The first-order chi connectivity index (χ1) is 12.8. The highest BCUT2D eigenvalue weighted by Gasteiger charge is 2.21. The van der Waals surface area contributed by atoms with E-state index >= 15 is 0 Å². The Labute approximate surface area is 153 Å². The molecule has 0 amide bonds. The molecule has 26 heavy (non-hydrogen) atoms. The molecule has 2 aliphatic heterocycles. The number of nitrogens with one attached hydrogen (secondary N) is 3. The number of hydrogen-bond acceptors (Lipinski definition) is 5. The van der Waals surface area contributed by atoms with Gasteiger partial charge in [0.15, 0.2) is 0 Å². The molecule has 132 valence electrons. The van der Waals surface area contributed by atoms with Crippen LogP contribution in [0.25, 0.3) is 5.57 Å². The third-order valence-corrected chi connectivity index (χ3v) is 4.51. The summed E-state index contributed by atoms with van der Waals surface area (Å²) in [5.74, 6) is 0.878. The number of rotatable bonds is 6. The van der Waals surface area contributed by atoms with Crippen LogP contribution >= 0.6 is 0 Å². The smallest absolute Gasteiger partial charge is 0.123 e. The fourth-order valence-corrected chi connectivity index (χ4v) is 3.21. The monoisotopic (exact) mass is 346 g/mol. The number of methoxy groups -OCH3 is 1. The van der Waals surface area contributed by atoms with Crippen molar-refractivity contribution in [2.24, 2.45) is 0 Å². The van der Waals surface area contributed by atoms with E-state index in [-0.39, 0.29) is 6.17 Å². The topological polar surface area (TPSA) is 58.2 Å². The lowest BCUT2D eigenvalue weighted by atomic mass is 10.0. The van der Waals surface area contributed by atoms with E-state index in [0.717, 1.165) is 29.3 Å². The Bertz CT molecular complexity index is 885. The summed E-state index contributed by atoms with van der Waals surface area (Å²) in [6.45, 7) is 1.49. The second-order valence-electron chi connectivity index (χ2n) is 6.27. The number of hydrogen-bond donors (Lipinski definition) is 3. The van der Waals surface area contributed by atoms with E-state index in [1.165, 1.54) is 11.1 Å². The van der Waals surface area contributed by atoms with E-state index in [2.05, 4.69) is 52.4 Å². The second kappa shape index (κ2) is 7.45. The van der Waals surface area contributed by atoms with Crippen molar-refractivity contribution < 1.29 is 4.74 Å². The van der Waals surface area contributed by atoms with Crippen LogP contribution in [0.4, 0.5) is 0 Å². The van der Waals surface area contributed by atoms with Crippen LogP contribution in [0.2, 0.25) is 0 Å². The van der Waals surface area contributed by atoms with Crippen LogP contribution < -0.4 is 20.7 Å². The Kier molecular flexibility index (Phi) is 4.71. The number of nitrogens with zero attached hydrogens (tertiary/aromatic N) is 1. The molecule has 5 heteroatoms. The summed E-state index contributed by atoms with van der Waals surface area (Å²) < 4.78 is 5.27. The zero-order chi connectivity index (χ0) is 17.8. The van der Waals surface area contributed by atoms with Gasteiger partial charge in [-0.1, -0.05) is 18.2 Å². The van der Waals surface area contributed by atoms with Gasteiger partial charge in [0.05, 0.1) is 18.5 Å². The molecule has 0 aliphatic carbocycles. The largest absolute Gasteiger partial charge is 0.497 e. The third-order valence-electron chi connectivity index (χ3n) is 4.51. The molecule has 3 N–H and O–H groups in total. The van der Waals surface area contributed by atoms with Crippen LogP contribution in [0.5, 0.6) is 5.75 Å². The van der Waals surface area contributed by atoms with Crippen molar-refractivity contribution in [3.8, 4) is 5.75 Å². The van der Waals surface area contributed by atoms with Crippen molar-refractivity contribution in [2.75, 3.05) is 7.11 Å². The molecule has 1 aromatic heterocycles. The molecular formula is C21H22N4O. The molecule has 1 unspecified atom stereocenters. The number of fused-ring (bicyclic) bond motifs is 1. The SMILES string of the molecule is COc1cccc(CNCc2cccc(C3=C4C=CNC4NC=C3)n2)c1. The van der Waals surface area contributed by atoms with Crippen LogP contribution in [0.15, 0.2) is 72.6 Å². The number of ether oxygens (including phenoxy) is 1. The minimum absolute atomic E-state index is 0.145. The molecular weight excluding hydrogens is 324 g/mol. The molecule has 3 heterocycles. The van der Waals surface area contributed by atoms with Gasteiger partial charge in [0.1, 0.15) is 11.9 Å². The fourth-order valence-electron chi connectivity index (χ4n) is 3.21. The summed E-state index contributed by atoms with van der Waals surface area (Å²) >= 11 is 0. The average molecular weight is 346 g/mol. The molecule has 4 rings (SSSR count). The van der Waals surface area contributed by atoms with Crippen molar-refractivity contribution in [3.63, 3.8) is 0 Å². The number of benzene rings is 1. The molecule has 5 nitrogen and oxygen atoms in total. The van der Waals surface area contributed by atoms with Crippen LogP contribution in [-0.2, 0) is 13.1 Å². The summed E-state index contributed by atoms with van der Waals surface area (Å²) in [5, 5.41) is 10.0. The molecule has 1 atom stereocenters. The quantitative estimate of drug-likeness (QED) is 0.751. The second-order valence-corrected chi connectivity index (χ2v) is 6.27. The van der Waals surface area contributed by atoms with E-state index in [0.29, 0.717) is 6.54 Å². The molecule has 0 saturated carbocycles. The first kappa shape index (κ1) is 16.4. The lowest BCUT2D eigenvalue weighted by Gasteiger charge is -2.21. The van der Waals surface area contributed by atoms with Crippen LogP contribution in [0.1, 0.15) is 17.0 Å². The van der Waals surface area contributed by atoms with E-state index in [4.69, 9.17) is 9.72 Å². The van der Waals surface area contributed by atoms with E-state index in [9.17, 15) is 0 Å². The zero-order valence-corrected chi connectivity index (χ0v) is 14.7. The van der Waals surface area contributed by atoms with Gasteiger partial charge in [-0.25, -0.2) is 0 Å². The standard InChI is InChI=1S/C21H22N4O/c1-26-17-6-2-4-15(12-17)13-22-14-16-5-3-7-20(25-16)18-8-10-23-21-19(18)9-11-24-21/h2-12,21-24H,13-14H2,1H3. The number of allylic oxidation sites excluding steroid dienone is 2. The predicted octanol–water partition coefficient (Wildman–Crippen LogP) is 2.69. The summed E-state index contributed by atoms with van der Waals surface area (Å²) in [4.78, 5) is 4.84. The van der Waals surface area contributed by atoms with Gasteiger partial charge in [-0.3, -0.25) is 4.98 Å². The highest BCUT2D eigenvalue weighted by atomic mass is 16.5. The first-order valence-corrected chi connectivity index (χ1v) is 8.73. The van der Waals surface area contributed by atoms with E-state index in [1.54, 1.807) is 7.11 Å². The van der Waals surface area contributed by atoms with Gasteiger partial charge < -0.3 is 20.7 Å². The van der Waals surface area contributed by atoms with Gasteiger partial charge >= 0.3 is 0 Å². The highest BCUT2D eigenvalue weighted by Crippen LogP contribution is 2.26. The van der Waals surface area contributed by atoms with Gasteiger partial charge in [0, 0.05) is 24.2 Å². The Morgan fingerprint density at radius 3 is 2.77 bits per heavy atom. The predicted molar refractivity (Wildman–Crippen MR) is 103 cm³/mol. The van der Waals surface area contributed by atoms with Crippen molar-refractivity contribution in [1.82, 2.24) is 20.9 Å². The maximum Gasteiger partial charge on any atom is 0.123 e. The summed E-state index contributed by atoms with van der Waals surface area (Å²) in [5.41, 5.74) is 5.59. The van der Waals surface area contributed by atoms with Crippen LogP contribution in [-0.4, -0.2) is 18.3 Å². The van der Waals surface area contributed by atoms with Crippen molar-refractivity contribution in [3.05, 3.63) is 89.5 Å². The summed E-state index contributed by atoms with van der Waals surface area (Å²) in [6, 6.07) is 14.3. The average Bonchev–Trinajstić information content (AvgIpc) is 3.17. The minimum Gasteiger partial charge on any atom is -0.497 e. The summed E-state index contributed by atoms with van der Waals surface area (Å²) in [6.07, 6.45) is 8.27. The first-order valence-electron chi connectivity index (χ1n) is 8.73. The molecule has 2 aromatic rings. The lowest BCUT2D eigenvalue weighted by molar-refractivity contribution is 0.414. The zero-order valence-electron chi connectivity index (χ0n) is 14.7. The molecule has 0 spiro atoms. The Hall–Kier alpha value is -3.05. The maximum atomic E-state index is 5.27. The molecule has 1 aromatic carbocycles. The molecule has 0 bridgehead atoms. The molecule has 2 aliphatic rings. The molecule has 0 radical (unpaired) electrons. The maximum absolute atomic E-state index is 5.27. The minimum atomic E-state index is 0.145. The molecule has 0 saturated heterocycles. The number of dihydropyridines is 1. The number of aromatic nitrogens is 1. The fraction of sp³-hybridized carbons (Fsp3) is 0.190. The number of pyridine rings is 1. The highest BCUT2D eigenvalue weighted by molar-refractivity contribution is 5.79. The van der Waals surface area contributed by atoms with Crippen LogP contribution in [0.3, 0.4) is 0 Å². The van der Waals surface area contributed by atoms with Crippen molar-refractivity contribution in [1.29, 1.82) is 0 Å². The Morgan fingerprint density at radius 1 is 1.04 bits per heavy atom. The van der Waals surface area contributed by atoms with Gasteiger partial charge in [-0.05, 0) is 54.4 Å². The third kappa shape index (κ3) is 3.48. The summed E-state index contributed by atoms with van der Waals surface area (Å²) in [7, 11) is 1.69. The van der Waals surface area contributed by atoms with Crippen LogP contribution in [0, 0.1) is 0 Å².